The average molecular weight is 554 g/mol. The number of sulfonamides is 1. The molecular weight excluding hydrogens is 517 g/mol. The van der Waals surface area contributed by atoms with Gasteiger partial charge in [0, 0.05) is 19.0 Å². The van der Waals surface area contributed by atoms with Crippen LogP contribution in [0.25, 0.3) is 0 Å². The van der Waals surface area contributed by atoms with E-state index in [2.05, 4.69) is 5.32 Å². The van der Waals surface area contributed by atoms with Crippen LogP contribution >= 0.6 is 0 Å². The predicted octanol–water partition coefficient (Wildman–Crippen LogP) is 4.45. The van der Waals surface area contributed by atoms with Gasteiger partial charge in [0.2, 0.25) is 21.8 Å². The van der Waals surface area contributed by atoms with Crippen molar-refractivity contribution < 1.29 is 22.4 Å². The Morgan fingerprint density at radius 2 is 1.56 bits per heavy atom. The topological polar surface area (TPSA) is 86.8 Å². The maximum atomic E-state index is 14.0. The molecule has 0 aliphatic rings. The van der Waals surface area contributed by atoms with Gasteiger partial charge in [-0.25, -0.2) is 12.8 Å². The minimum Gasteiger partial charge on any atom is -0.352 e. The van der Waals surface area contributed by atoms with E-state index in [1.165, 1.54) is 17.0 Å². The number of benzene rings is 3. The number of nitrogens with zero attached hydrogens (tertiary/aromatic N) is 2. The second-order valence-electron chi connectivity index (χ2n) is 9.72. The van der Waals surface area contributed by atoms with E-state index in [9.17, 15) is 22.4 Å². The molecular formula is C30H36FN3O4S. The molecule has 0 fully saturated rings. The van der Waals surface area contributed by atoms with Gasteiger partial charge in [0.1, 0.15) is 18.4 Å². The fourth-order valence-electron chi connectivity index (χ4n) is 4.19. The van der Waals surface area contributed by atoms with Gasteiger partial charge in [-0.3, -0.25) is 13.9 Å². The zero-order valence-electron chi connectivity index (χ0n) is 22.8. The van der Waals surface area contributed by atoms with Gasteiger partial charge in [0.25, 0.3) is 0 Å². The molecule has 0 saturated heterocycles. The lowest BCUT2D eigenvalue weighted by Crippen LogP contribution is -2.54. The SMILES string of the molecule is CC[C@@H](C)NC(=O)[C@H](Cc1ccccc1)N(Cc1ccccc1C)C(=O)CN(c1ccc(F)cc1)S(C)(=O)=O. The first kappa shape index (κ1) is 29.8. The normalized spacial score (nSPS) is 12.8. The first-order valence-corrected chi connectivity index (χ1v) is 14.8. The number of anilines is 1. The Balaban J connectivity index is 2.06. The first-order chi connectivity index (χ1) is 18.5. The molecule has 3 rings (SSSR count). The molecule has 0 spiro atoms. The summed E-state index contributed by atoms with van der Waals surface area (Å²) in [5.74, 6) is -1.39. The van der Waals surface area contributed by atoms with Gasteiger partial charge in [0.15, 0.2) is 0 Å². The Labute approximate surface area is 230 Å². The standard InChI is InChI=1S/C30H36FN3O4S/c1-5-23(3)32-30(36)28(19-24-12-7-6-8-13-24)33(20-25-14-10-9-11-22(25)2)29(35)21-34(39(4,37)38)27-17-15-26(31)16-18-27/h6-18,23,28H,5,19-21H2,1-4H3,(H,32,36)/t23-,28+/m1/s1. The summed E-state index contributed by atoms with van der Waals surface area (Å²) in [6.45, 7) is 5.34. The summed E-state index contributed by atoms with van der Waals surface area (Å²) in [6.07, 6.45) is 1.95. The molecule has 9 heteroatoms. The van der Waals surface area contributed by atoms with Crippen molar-refractivity contribution >= 4 is 27.5 Å². The van der Waals surface area contributed by atoms with E-state index in [-0.39, 0.29) is 30.6 Å². The molecule has 2 atom stereocenters. The molecule has 0 radical (unpaired) electrons. The van der Waals surface area contributed by atoms with Crippen molar-refractivity contribution in [2.24, 2.45) is 0 Å². The van der Waals surface area contributed by atoms with Gasteiger partial charge < -0.3 is 10.2 Å². The lowest BCUT2D eigenvalue weighted by molar-refractivity contribution is -0.140. The number of rotatable bonds is 12. The van der Waals surface area contributed by atoms with Crippen LogP contribution in [0.15, 0.2) is 78.9 Å². The lowest BCUT2D eigenvalue weighted by atomic mass is 10.0. The zero-order chi connectivity index (χ0) is 28.6. The van der Waals surface area contributed by atoms with Crippen LogP contribution in [0.2, 0.25) is 0 Å². The number of carbonyl (C=O) groups excluding carboxylic acids is 2. The van der Waals surface area contributed by atoms with E-state index < -0.39 is 34.3 Å². The van der Waals surface area contributed by atoms with Crippen LogP contribution in [-0.4, -0.2) is 50.0 Å². The van der Waals surface area contributed by atoms with Gasteiger partial charge in [-0.1, -0.05) is 61.5 Å². The molecule has 0 aliphatic carbocycles. The lowest BCUT2D eigenvalue weighted by Gasteiger charge is -2.34. The number of amides is 2. The maximum absolute atomic E-state index is 14.0. The second-order valence-corrected chi connectivity index (χ2v) is 11.6. The minimum absolute atomic E-state index is 0.109. The molecule has 7 nitrogen and oxygen atoms in total. The number of carbonyl (C=O) groups is 2. The van der Waals surface area contributed by atoms with E-state index >= 15 is 0 Å². The molecule has 39 heavy (non-hydrogen) atoms. The van der Waals surface area contributed by atoms with Crippen LogP contribution < -0.4 is 9.62 Å². The van der Waals surface area contributed by atoms with Crippen LogP contribution in [-0.2, 0) is 32.6 Å². The largest absolute Gasteiger partial charge is 0.352 e. The Bertz CT molecular complexity index is 1360. The maximum Gasteiger partial charge on any atom is 0.244 e. The van der Waals surface area contributed by atoms with Gasteiger partial charge in [-0.15, -0.1) is 0 Å². The van der Waals surface area contributed by atoms with Gasteiger partial charge in [-0.05, 0) is 61.2 Å². The fourth-order valence-corrected chi connectivity index (χ4v) is 5.04. The third kappa shape index (κ3) is 8.38. The van der Waals surface area contributed by atoms with Crippen molar-refractivity contribution in [1.82, 2.24) is 10.2 Å². The van der Waals surface area contributed by atoms with E-state index in [4.69, 9.17) is 0 Å². The molecule has 0 unspecified atom stereocenters. The highest BCUT2D eigenvalue weighted by atomic mass is 32.2. The average Bonchev–Trinajstić information content (AvgIpc) is 2.90. The molecule has 0 aromatic heterocycles. The van der Waals surface area contributed by atoms with E-state index in [1.54, 1.807) is 0 Å². The summed E-state index contributed by atoms with van der Waals surface area (Å²) >= 11 is 0. The van der Waals surface area contributed by atoms with Crippen molar-refractivity contribution in [2.45, 2.75) is 52.2 Å². The summed E-state index contributed by atoms with van der Waals surface area (Å²) < 4.78 is 40.0. The van der Waals surface area contributed by atoms with Crippen molar-refractivity contribution in [3.63, 3.8) is 0 Å². The van der Waals surface area contributed by atoms with E-state index in [1.807, 2.05) is 75.4 Å². The highest BCUT2D eigenvalue weighted by Gasteiger charge is 2.33. The van der Waals surface area contributed by atoms with Gasteiger partial charge in [0.05, 0.1) is 11.9 Å². The summed E-state index contributed by atoms with van der Waals surface area (Å²) in [5, 5.41) is 3.00. The number of hydrogen-bond donors (Lipinski definition) is 1. The monoisotopic (exact) mass is 553 g/mol. The predicted molar refractivity (Wildman–Crippen MR) is 152 cm³/mol. The van der Waals surface area contributed by atoms with Crippen molar-refractivity contribution in [2.75, 3.05) is 17.1 Å². The summed E-state index contributed by atoms with van der Waals surface area (Å²) in [6, 6.07) is 20.8. The molecule has 3 aromatic rings. The molecule has 2 amide bonds. The van der Waals surface area contributed by atoms with Crippen LogP contribution in [0.4, 0.5) is 10.1 Å². The Kier molecular flexibility index (Phi) is 10.2. The molecule has 3 aromatic carbocycles. The minimum atomic E-state index is -3.91. The van der Waals surface area contributed by atoms with Crippen LogP contribution in [0, 0.1) is 12.7 Å². The number of nitrogens with one attached hydrogen (secondary N) is 1. The quantitative estimate of drug-likeness (QED) is 0.359. The van der Waals surface area contributed by atoms with Crippen LogP contribution in [0.1, 0.15) is 37.0 Å². The molecule has 1 N–H and O–H groups in total. The van der Waals surface area contributed by atoms with Crippen molar-refractivity contribution in [3.05, 3.63) is 101 Å². The van der Waals surface area contributed by atoms with Gasteiger partial charge >= 0.3 is 0 Å². The van der Waals surface area contributed by atoms with Crippen LogP contribution in [0.3, 0.4) is 0 Å². The third-order valence-corrected chi connectivity index (χ3v) is 7.81. The third-order valence-electron chi connectivity index (χ3n) is 6.67. The highest BCUT2D eigenvalue weighted by molar-refractivity contribution is 7.92. The first-order valence-electron chi connectivity index (χ1n) is 12.9. The van der Waals surface area contributed by atoms with Crippen LogP contribution in [0.5, 0.6) is 0 Å². The molecule has 0 heterocycles. The molecule has 0 aliphatic heterocycles. The number of halogens is 1. The highest BCUT2D eigenvalue weighted by Crippen LogP contribution is 2.21. The second kappa shape index (κ2) is 13.4. The zero-order valence-corrected chi connectivity index (χ0v) is 23.6. The van der Waals surface area contributed by atoms with E-state index in [0.29, 0.717) is 6.42 Å². The number of hydrogen-bond acceptors (Lipinski definition) is 4. The van der Waals surface area contributed by atoms with E-state index in [0.717, 1.165) is 39.4 Å². The Morgan fingerprint density at radius 3 is 2.15 bits per heavy atom. The number of aryl methyl sites for hydroxylation is 1. The molecule has 0 bridgehead atoms. The Hall–Kier alpha value is -3.72. The summed E-state index contributed by atoms with van der Waals surface area (Å²) in [5.41, 5.74) is 2.80. The smallest absolute Gasteiger partial charge is 0.244 e. The summed E-state index contributed by atoms with van der Waals surface area (Å²) in [7, 11) is -3.91. The Morgan fingerprint density at radius 1 is 0.949 bits per heavy atom. The molecule has 0 saturated carbocycles. The van der Waals surface area contributed by atoms with Crippen molar-refractivity contribution in [3.8, 4) is 0 Å². The fraction of sp³-hybridized carbons (Fsp3) is 0.333. The van der Waals surface area contributed by atoms with Crippen molar-refractivity contribution in [1.29, 1.82) is 0 Å². The summed E-state index contributed by atoms with van der Waals surface area (Å²) in [4.78, 5) is 29.1. The van der Waals surface area contributed by atoms with Gasteiger partial charge in [-0.2, -0.15) is 0 Å². The molecule has 208 valence electrons.